The molecule has 0 aliphatic carbocycles. The number of anilines is 1. The second-order valence-corrected chi connectivity index (χ2v) is 6.81. The molecule has 2 aliphatic heterocycles. The van der Waals surface area contributed by atoms with Gasteiger partial charge in [-0.05, 0) is 43.7 Å². The van der Waals surface area contributed by atoms with Gasteiger partial charge < -0.3 is 14.5 Å². The molecule has 0 spiro atoms. The average molecular weight is 328 g/mol. The lowest BCUT2D eigenvalue weighted by atomic mass is 9.89. The number of hydrogen-bond donors (Lipinski definition) is 0. The van der Waals surface area contributed by atoms with Crippen molar-refractivity contribution in [1.29, 1.82) is 5.26 Å². The Morgan fingerprint density at radius 2 is 2.08 bits per heavy atom. The number of rotatable bonds is 3. The Bertz CT molecular complexity index is 632. The second-order valence-electron chi connectivity index (χ2n) is 6.81. The summed E-state index contributed by atoms with van der Waals surface area (Å²) >= 11 is 0. The summed E-state index contributed by atoms with van der Waals surface area (Å²) < 4.78 is 6.03. The van der Waals surface area contributed by atoms with Crippen LogP contribution in [0.15, 0.2) is 18.3 Å². The number of aromatic nitrogens is 1. The standard InChI is InChI=1S/C18H24N4O2/c1-21(2)18(23)16-4-3-15(24-16)14-6-9-22(10-7-14)17-11-13(12-19)5-8-20-17/h5,8,11,14-16H,3-4,6-7,9-10H2,1-2H3/t15-,16+/m0/s1. The van der Waals surface area contributed by atoms with E-state index in [0.717, 1.165) is 44.6 Å². The van der Waals surface area contributed by atoms with Crippen LogP contribution in [-0.4, -0.2) is 55.2 Å². The van der Waals surface area contributed by atoms with Crippen LogP contribution in [0.4, 0.5) is 5.82 Å². The molecule has 6 nitrogen and oxygen atoms in total. The van der Waals surface area contributed by atoms with E-state index in [1.165, 1.54) is 0 Å². The van der Waals surface area contributed by atoms with Crippen molar-refractivity contribution in [2.75, 3.05) is 32.1 Å². The van der Waals surface area contributed by atoms with Gasteiger partial charge in [0.2, 0.25) is 0 Å². The molecule has 24 heavy (non-hydrogen) atoms. The fourth-order valence-electron chi connectivity index (χ4n) is 3.64. The van der Waals surface area contributed by atoms with E-state index in [0.29, 0.717) is 11.5 Å². The Morgan fingerprint density at radius 1 is 1.33 bits per heavy atom. The summed E-state index contributed by atoms with van der Waals surface area (Å²) in [6.07, 6.45) is 5.48. The quantitative estimate of drug-likeness (QED) is 0.846. The Hall–Kier alpha value is -2.13. The minimum absolute atomic E-state index is 0.0763. The smallest absolute Gasteiger partial charge is 0.251 e. The maximum atomic E-state index is 12.0. The lowest BCUT2D eigenvalue weighted by Crippen LogP contribution is -2.39. The number of nitrogens with zero attached hydrogens (tertiary/aromatic N) is 4. The predicted octanol–water partition coefficient (Wildman–Crippen LogP) is 1.81. The van der Waals surface area contributed by atoms with Gasteiger partial charge in [-0.2, -0.15) is 5.26 Å². The highest BCUT2D eigenvalue weighted by Crippen LogP contribution is 2.33. The normalized spacial score (nSPS) is 24.6. The summed E-state index contributed by atoms with van der Waals surface area (Å²) in [6, 6.07) is 5.73. The van der Waals surface area contributed by atoms with Crippen molar-refractivity contribution in [2.24, 2.45) is 5.92 Å². The first-order chi connectivity index (χ1) is 11.6. The van der Waals surface area contributed by atoms with E-state index < -0.39 is 0 Å². The summed E-state index contributed by atoms with van der Waals surface area (Å²) in [7, 11) is 3.56. The molecule has 2 saturated heterocycles. The molecule has 3 rings (SSSR count). The van der Waals surface area contributed by atoms with Gasteiger partial charge >= 0.3 is 0 Å². The summed E-state index contributed by atoms with van der Waals surface area (Å²) in [5.41, 5.74) is 0.645. The molecule has 6 heteroatoms. The molecule has 1 aromatic rings. The van der Waals surface area contributed by atoms with Crippen LogP contribution in [-0.2, 0) is 9.53 Å². The van der Waals surface area contributed by atoms with Crippen molar-refractivity contribution in [3.05, 3.63) is 23.9 Å². The van der Waals surface area contributed by atoms with E-state index in [9.17, 15) is 4.79 Å². The third kappa shape index (κ3) is 3.51. The number of nitriles is 1. The molecule has 2 aliphatic rings. The first kappa shape index (κ1) is 16.7. The van der Waals surface area contributed by atoms with Crippen molar-refractivity contribution in [3.8, 4) is 6.07 Å². The van der Waals surface area contributed by atoms with E-state index in [1.807, 2.05) is 6.07 Å². The van der Waals surface area contributed by atoms with Gasteiger partial charge in [-0.15, -0.1) is 0 Å². The molecule has 3 heterocycles. The van der Waals surface area contributed by atoms with Gasteiger partial charge in [-0.1, -0.05) is 0 Å². The van der Waals surface area contributed by atoms with Crippen LogP contribution in [0.25, 0.3) is 0 Å². The van der Waals surface area contributed by atoms with Gasteiger partial charge in [0.15, 0.2) is 0 Å². The highest BCUT2D eigenvalue weighted by atomic mass is 16.5. The number of hydrogen-bond acceptors (Lipinski definition) is 5. The molecular formula is C18H24N4O2. The summed E-state index contributed by atoms with van der Waals surface area (Å²) in [5, 5.41) is 9.01. The van der Waals surface area contributed by atoms with Crippen molar-refractivity contribution in [3.63, 3.8) is 0 Å². The van der Waals surface area contributed by atoms with E-state index in [-0.39, 0.29) is 18.1 Å². The highest BCUT2D eigenvalue weighted by molar-refractivity contribution is 5.80. The summed E-state index contributed by atoms with van der Waals surface area (Å²) in [4.78, 5) is 20.3. The predicted molar refractivity (Wildman–Crippen MR) is 90.5 cm³/mol. The van der Waals surface area contributed by atoms with Crippen LogP contribution < -0.4 is 4.90 Å². The molecule has 0 bridgehead atoms. The van der Waals surface area contributed by atoms with Gasteiger partial charge in [-0.25, -0.2) is 4.98 Å². The molecular weight excluding hydrogens is 304 g/mol. The second kappa shape index (κ2) is 7.18. The Labute approximate surface area is 143 Å². The molecule has 0 N–H and O–H groups in total. The fourth-order valence-corrected chi connectivity index (χ4v) is 3.64. The van der Waals surface area contributed by atoms with Crippen LogP contribution in [0.2, 0.25) is 0 Å². The van der Waals surface area contributed by atoms with E-state index in [2.05, 4.69) is 16.0 Å². The monoisotopic (exact) mass is 328 g/mol. The zero-order valence-corrected chi connectivity index (χ0v) is 14.3. The summed E-state index contributed by atoms with van der Waals surface area (Å²) in [5.74, 6) is 1.45. The first-order valence-corrected chi connectivity index (χ1v) is 8.56. The van der Waals surface area contributed by atoms with E-state index in [1.54, 1.807) is 31.3 Å². The van der Waals surface area contributed by atoms with Crippen molar-refractivity contribution in [1.82, 2.24) is 9.88 Å². The van der Waals surface area contributed by atoms with E-state index >= 15 is 0 Å². The van der Waals surface area contributed by atoms with Crippen LogP contribution in [0.1, 0.15) is 31.2 Å². The minimum atomic E-state index is -0.267. The SMILES string of the molecule is CN(C)C(=O)[C@H]1CC[C@@H](C2CCN(c3cc(C#N)ccn3)CC2)O1. The number of ether oxygens (including phenoxy) is 1. The number of pyridine rings is 1. The third-order valence-electron chi connectivity index (χ3n) is 5.03. The minimum Gasteiger partial charge on any atom is -0.365 e. The van der Waals surface area contributed by atoms with Crippen LogP contribution in [0.3, 0.4) is 0 Å². The summed E-state index contributed by atoms with van der Waals surface area (Å²) in [6.45, 7) is 1.83. The maximum absolute atomic E-state index is 12.0. The molecule has 1 amide bonds. The molecule has 1 aromatic heterocycles. The Balaban J connectivity index is 1.54. The number of amides is 1. The highest BCUT2D eigenvalue weighted by Gasteiger charge is 2.37. The zero-order valence-electron chi connectivity index (χ0n) is 14.3. The Kier molecular flexibility index (Phi) is 5.00. The largest absolute Gasteiger partial charge is 0.365 e. The molecule has 0 saturated carbocycles. The molecule has 2 fully saturated rings. The van der Waals surface area contributed by atoms with Gasteiger partial charge in [-0.3, -0.25) is 4.79 Å². The Morgan fingerprint density at radius 3 is 2.75 bits per heavy atom. The molecule has 2 atom stereocenters. The van der Waals surface area contributed by atoms with Crippen LogP contribution in [0, 0.1) is 17.2 Å². The number of likely N-dealkylation sites (N-methyl/N-ethyl adjacent to an activating group) is 1. The molecule has 0 radical (unpaired) electrons. The van der Waals surface area contributed by atoms with Gasteiger partial charge in [0.1, 0.15) is 11.9 Å². The lowest BCUT2D eigenvalue weighted by molar-refractivity contribution is -0.141. The molecule has 0 aromatic carbocycles. The molecule has 0 unspecified atom stereocenters. The lowest BCUT2D eigenvalue weighted by Gasteiger charge is -2.35. The number of carbonyl (C=O) groups excluding carboxylic acids is 1. The van der Waals surface area contributed by atoms with E-state index in [4.69, 9.17) is 10.00 Å². The molecule has 128 valence electrons. The van der Waals surface area contributed by atoms with Gasteiger partial charge in [0.05, 0.1) is 17.7 Å². The third-order valence-corrected chi connectivity index (χ3v) is 5.03. The van der Waals surface area contributed by atoms with Crippen LogP contribution >= 0.6 is 0 Å². The number of piperidine rings is 1. The number of carbonyl (C=O) groups is 1. The van der Waals surface area contributed by atoms with Crippen molar-refractivity contribution < 1.29 is 9.53 Å². The fraction of sp³-hybridized carbons (Fsp3) is 0.611. The average Bonchev–Trinajstić information content (AvgIpc) is 3.11. The van der Waals surface area contributed by atoms with Crippen molar-refractivity contribution in [2.45, 2.75) is 37.9 Å². The van der Waals surface area contributed by atoms with Gasteiger partial charge in [0, 0.05) is 33.4 Å². The zero-order chi connectivity index (χ0) is 17.1. The maximum Gasteiger partial charge on any atom is 0.251 e. The topological polar surface area (TPSA) is 69.5 Å². The first-order valence-electron chi connectivity index (χ1n) is 8.56. The van der Waals surface area contributed by atoms with Crippen LogP contribution in [0.5, 0.6) is 0 Å². The van der Waals surface area contributed by atoms with Crippen molar-refractivity contribution >= 4 is 11.7 Å². The van der Waals surface area contributed by atoms with Gasteiger partial charge in [0.25, 0.3) is 5.91 Å².